The first kappa shape index (κ1) is 24.6. The van der Waals surface area contributed by atoms with Crippen molar-refractivity contribution in [2.45, 2.75) is 26.3 Å². The van der Waals surface area contributed by atoms with Crippen LogP contribution in [0.3, 0.4) is 0 Å². The lowest BCUT2D eigenvalue weighted by Crippen LogP contribution is -2.32. The maximum Gasteiger partial charge on any atom is 0.328 e. The van der Waals surface area contributed by atoms with Crippen molar-refractivity contribution in [1.82, 2.24) is 14.9 Å². The van der Waals surface area contributed by atoms with Gasteiger partial charge in [-0.3, -0.25) is 19.1 Å². The van der Waals surface area contributed by atoms with Crippen molar-refractivity contribution in [2.75, 3.05) is 19.8 Å². The van der Waals surface area contributed by atoms with Crippen molar-refractivity contribution in [3.8, 4) is 5.75 Å². The lowest BCUT2D eigenvalue weighted by atomic mass is 10.1. The number of rotatable bonds is 9. The molecule has 3 aromatic rings. The van der Waals surface area contributed by atoms with E-state index in [1.54, 1.807) is 25.1 Å². The number of amides is 1. The zero-order chi connectivity index (χ0) is 24.2. The highest BCUT2D eigenvalue weighted by molar-refractivity contribution is 7.52. The number of pyridine rings is 2. The molecule has 2 heterocycles. The van der Waals surface area contributed by atoms with E-state index in [1.807, 2.05) is 0 Å². The van der Waals surface area contributed by atoms with Gasteiger partial charge in [-0.15, -0.1) is 0 Å². The molecule has 33 heavy (non-hydrogen) atoms. The molecular weight excluding hydrogens is 452 g/mol. The van der Waals surface area contributed by atoms with Gasteiger partial charge in [0.15, 0.2) is 5.75 Å². The number of aryl methyl sites for hydroxylation is 1. The van der Waals surface area contributed by atoms with Crippen LogP contribution in [-0.4, -0.2) is 45.3 Å². The molecule has 176 valence electrons. The van der Waals surface area contributed by atoms with Gasteiger partial charge < -0.3 is 24.4 Å². The first-order valence-corrected chi connectivity index (χ1v) is 12.1. The summed E-state index contributed by atoms with van der Waals surface area (Å²) in [5, 5.41) is 12.9. The number of carbonyl (C=O) groups excluding carboxylic acids is 1. The van der Waals surface area contributed by atoms with Crippen LogP contribution in [0.5, 0.6) is 5.75 Å². The minimum Gasteiger partial charge on any atom is -0.505 e. The summed E-state index contributed by atoms with van der Waals surface area (Å²) in [6, 6.07) is 7.59. The van der Waals surface area contributed by atoms with Gasteiger partial charge in [-0.05, 0) is 49.1 Å². The summed E-state index contributed by atoms with van der Waals surface area (Å²) in [6.07, 6.45) is 1.83. The SMILES string of the molecule is CCOP(=O)(O)CCCn1c(=O)c(C(=O)NC)c(O)c2ncc(Cc3ccc(F)cc3)cc21. The smallest absolute Gasteiger partial charge is 0.328 e. The number of carbonyl (C=O) groups is 1. The van der Waals surface area contributed by atoms with Crippen molar-refractivity contribution >= 4 is 24.5 Å². The largest absolute Gasteiger partial charge is 0.505 e. The summed E-state index contributed by atoms with van der Waals surface area (Å²) in [5.41, 5.74) is 0.624. The summed E-state index contributed by atoms with van der Waals surface area (Å²) < 4.78 is 31.3. The van der Waals surface area contributed by atoms with Gasteiger partial charge in [-0.2, -0.15) is 0 Å². The Balaban J connectivity index is 2.06. The maximum atomic E-state index is 13.2. The number of hydrogen-bond donors (Lipinski definition) is 3. The van der Waals surface area contributed by atoms with Gasteiger partial charge in [0.25, 0.3) is 11.5 Å². The molecule has 1 amide bonds. The summed E-state index contributed by atoms with van der Waals surface area (Å²) in [6.45, 7) is 1.68. The average Bonchev–Trinajstić information content (AvgIpc) is 2.77. The number of aromatic hydroxyl groups is 1. The summed E-state index contributed by atoms with van der Waals surface area (Å²) in [4.78, 5) is 39.5. The molecule has 1 unspecified atom stereocenters. The molecule has 0 aliphatic rings. The zero-order valence-electron chi connectivity index (χ0n) is 18.2. The van der Waals surface area contributed by atoms with Crippen LogP contribution in [0.4, 0.5) is 4.39 Å². The molecule has 0 aliphatic carbocycles. The van der Waals surface area contributed by atoms with Gasteiger partial charge in [0, 0.05) is 19.8 Å². The highest BCUT2D eigenvalue weighted by Gasteiger charge is 2.24. The van der Waals surface area contributed by atoms with Crippen molar-refractivity contribution in [1.29, 1.82) is 0 Å². The van der Waals surface area contributed by atoms with E-state index < -0.39 is 30.4 Å². The summed E-state index contributed by atoms with van der Waals surface area (Å²) in [7, 11) is -2.47. The van der Waals surface area contributed by atoms with Crippen LogP contribution in [0.15, 0.2) is 41.3 Å². The molecule has 3 N–H and O–H groups in total. The number of halogens is 1. The van der Waals surface area contributed by atoms with Gasteiger partial charge in [0.1, 0.15) is 16.9 Å². The number of nitrogens with one attached hydrogen (secondary N) is 1. The highest BCUT2D eigenvalue weighted by Crippen LogP contribution is 2.42. The molecule has 0 aliphatic heterocycles. The van der Waals surface area contributed by atoms with E-state index in [-0.39, 0.29) is 42.6 Å². The van der Waals surface area contributed by atoms with Gasteiger partial charge in [0.2, 0.25) is 0 Å². The van der Waals surface area contributed by atoms with E-state index >= 15 is 0 Å². The van der Waals surface area contributed by atoms with Crippen LogP contribution in [-0.2, 0) is 22.1 Å². The third-order valence-corrected chi connectivity index (χ3v) is 6.61. The summed E-state index contributed by atoms with van der Waals surface area (Å²) >= 11 is 0. The van der Waals surface area contributed by atoms with Crippen LogP contribution in [0.1, 0.15) is 34.8 Å². The Hall–Kier alpha value is -3.07. The van der Waals surface area contributed by atoms with Crippen LogP contribution in [0.25, 0.3) is 11.0 Å². The molecule has 9 nitrogen and oxygen atoms in total. The van der Waals surface area contributed by atoms with Crippen LogP contribution < -0.4 is 10.9 Å². The molecule has 2 aromatic heterocycles. The van der Waals surface area contributed by atoms with Gasteiger partial charge >= 0.3 is 7.60 Å². The fraction of sp³-hybridized carbons (Fsp3) is 0.318. The predicted molar refractivity (Wildman–Crippen MR) is 121 cm³/mol. The predicted octanol–water partition coefficient (Wildman–Crippen LogP) is 2.80. The first-order valence-electron chi connectivity index (χ1n) is 10.3. The molecule has 0 fully saturated rings. The molecule has 1 aromatic carbocycles. The van der Waals surface area contributed by atoms with E-state index in [0.717, 1.165) is 5.56 Å². The topological polar surface area (TPSA) is 131 Å². The molecule has 0 radical (unpaired) electrons. The molecule has 0 spiro atoms. The first-order chi connectivity index (χ1) is 15.7. The maximum absolute atomic E-state index is 13.2. The van der Waals surface area contributed by atoms with Crippen LogP contribution >= 0.6 is 7.60 Å². The lowest BCUT2D eigenvalue weighted by Gasteiger charge is -2.16. The molecule has 1 atom stereocenters. The van der Waals surface area contributed by atoms with Crippen LogP contribution in [0.2, 0.25) is 0 Å². The third kappa shape index (κ3) is 5.65. The van der Waals surface area contributed by atoms with E-state index in [4.69, 9.17) is 4.52 Å². The standard InChI is InChI=1S/C22H25FN3O6P/c1-3-32-33(30,31)10-4-9-26-17-12-15(11-14-5-7-16(23)8-6-14)13-25-19(17)20(27)18(22(26)29)21(28)24-2/h5-8,12-13,27H,3-4,9-11H2,1-2H3,(H,24,28)(H,30,31). The Morgan fingerprint density at radius 1 is 1.27 bits per heavy atom. The summed E-state index contributed by atoms with van der Waals surface area (Å²) in [5.74, 6) is -1.67. The molecule has 3 rings (SSSR count). The Bertz CT molecular complexity index is 1280. The lowest BCUT2D eigenvalue weighted by molar-refractivity contribution is 0.0958. The van der Waals surface area contributed by atoms with Crippen molar-refractivity contribution in [3.63, 3.8) is 0 Å². The van der Waals surface area contributed by atoms with E-state index in [0.29, 0.717) is 12.0 Å². The second-order valence-electron chi connectivity index (χ2n) is 7.41. The van der Waals surface area contributed by atoms with E-state index in [9.17, 15) is 28.5 Å². The van der Waals surface area contributed by atoms with Gasteiger partial charge in [0.05, 0.1) is 18.3 Å². The quantitative estimate of drug-likeness (QED) is 0.404. The second-order valence-corrected chi connectivity index (χ2v) is 9.39. The normalized spacial score (nSPS) is 13.1. The zero-order valence-corrected chi connectivity index (χ0v) is 19.1. The van der Waals surface area contributed by atoms with Crippen molar-refractivity contribution < 1.29 is 28.3 Å². The van der Waals surface area contributed by atoms with E-state index in [2.05, 4.69) is 10.3 Å². The van der Waals surface area contributed by atoms with Gasteiger partial charge in [-0.25, -0.2) is 4.39 Å². The fourth-order valence-electron chi connectivity index (χ4n) is 3.53. The molecule has 0 saturated carbocycles. The van der Waals surface area contributed by atoms with E-state index in [1.165, 1.54) is 29.9 Å². The van der Waals surface area contributed by atoms with Crippen molar-refractivity contribution in [2.24, 2.45) is 0 Å². The molecule has 11 heteroatoms. The average molecular weight is 477 g/mol. The minimum atomic E-state index is -3.80. The van der Waals surface area contributed by atoms with Crippen LogP contribution in [0, 0.1) is 5.82 Å². The number of hydrogen-bond acceptors (Lipinski definition) is 6. The monoisotopic (exact) mass is 477 g/mol. The fourth-order valence-corrected chi connectivity index (χ4v) is 4.60. The highest BCUT2D eigenvalue weighted by atomic mass is 31.2. The Morgan fingerprint density at radius 2 is 1.97 bits per heavy atom. The Kier molecular flexibility index (Phi) is 7.63. The second kappa shape index (κ2) is 10.2. The van der Waals surface area contributed by atoms with Gasteiger partial charge in [-0.1, -0.05) is 12.1 Å². The third-order valence-electron chi connectivity index (χ3n) is 5.06. The molecule has 0 saturated heterocycles. The molecular formula is C22H25FN3O6P. The Morgan fingerprint density at radius 3 is 2.61 bits per heavy atom. The number of fused-ring (bicyclic) bond motifs is 1. The van der Waals surface area contributed by atoms with Crippen molar-refractivity contribution in [3.05, 3.63) is 69.4 Å². The number of aromatic nitrogens is 2. The number of nitrogens with zero attached hydrogens (tertiary/aromatic N) is 2. The minimum absolute atomic E-state index is 0.00108. The number of benzene rings is 1. The Labute approximate surface area is 189 Å². The molecule has 0 bridgehead atoms.